The van der Waals surface area contributed by atoms with Gasteiger partial charge in [0.1, 0.15) is 0 Å². The number of pyridine rings is 4. The van der Waals surface area contributed by atoms with Crippen LogP contribution in [0.2, 0.25) is 0 Å². The van der Waals surface area contributed by atoms with E-state index in [1.807, 2.05) is 0 Å². The highest BCUT2D eigenvalue weighted by molar-refractivity contribution is 5.85. The maximum absolute atomic E-state index is 13.2. The summed E-state index contributed by atoms with van der Waals surface area (Å²) in [5, 5.41) is 0. The number of nitrogens with two attached hydrogens (primary N) is 1. The number of nitrogens with zero attached hydrogens (tertiary/aromatic N) is 5. The highest BCUT2D eigenvalue weighted by Gasteiger charge is 2.31. The number of aromatic nitrogens is 4. The van der Waals surface area contributed by atoms with Crippen molar-refractivity contribution in [2.45, 2.75) is 18.9 Å². The molecule has 4 aromatic heterocycles. The van der Waals surface area contributed by atoms with Gasteiger partial charge in [0.2, 0.25) is 5.95 Å². The summed E-state index contributed by atoms with van der Waals surface area (Å²) in [7, 11) is 0. The quantitative estimate of drug-likeness (QED) is 0.161. The molecule has 0 radical (unpaired) electrons. The van der Waals surface area contributed by atoms with E-state index < -0.39 is 35.4 Å². The van der Waals surface area contributed by atoms with Crippen molar-refractivity contribution in [3.63, 3.8) is 0 Å². The zero-order chi connectivity index (χ0) is 28.1. The van der Waals surface area contributed by atoms with Crippen LogP contribution in [-0.4, -0.2) is 19.9 Å². The topological polar surface area (TPSA) is 81.9 Å². The Bertz CT molecular complexity index is 1450. The molecule has 39 heavy (non-hydrogen) atoms. The maximum Gasteiger partial charge on any atom is 0.417 e. The molecule has 204 valence electrons. The lowest BCUT2D eigenvalue weighted by Crippen LogP contribution is -2.05. The minimum absolute atomic E-state index is 0. The van der Waals surface area contributed by atoms with Crippen molar-refractivity contribution in [1.82, 2.24) is 19.9 Å². The summed E-state index contributed by atoms with van der Waals surface area (Å²) in [6.45, 7) is 6.78. The first-order chi connectivity index (χ1) is 17.8. The first kappa shape index (κ1) is 31.0. The van der Waals surface area contributed by atoms with E-state index in [9.17, 15) is 35.1 Å². The first-order valence-electron chi connectivity index (χ1n) is 10.3. The van der Waals surface area contributed by atoms with Crippen LogP contribution in [0, 0.1) is 18.5 Å². The van der Waals surface area contributed by atoms with Gasteiger partial charge >= 0.3 is 18.3 Å². The van der Waals surface area contributed by atoms with E-state index in [1.54, 1.807) is 0 Å². The first-order valence-corrected chi connectivity index (χ1v) is 10.3. The molecule has 0 aliphatic heterocycles. The molecule has 0 amide bonds. The van der Waals surface area contributed by atoms with Gasteiger partial charge in [0, 0.05) is 36.6 Å². The lowest BCUT2D eigenvalue weighted by molar-refractivity contribution is -0.138. The Hall–Kier alpha value is -4.22. The summed E-state index contributed by atoms with van der Waals surface area (Å²) in [5.41, 5.74) is 4.80. The Kier molecular flexibility index (Phi) is 9.98. The van der Waals surface area contributed by atoms with E-state index in [4.69, 9.17) is 12.3 Å². The highest BCUT2D eigenvalue weighted by atomic mass is 35.5. The molecular formula is C24H15ClF8N6. The van der Waals surface area contributed by atoms with Gasteiger partial charge in [0.05, 0.1) is 28.2 Å². The molecule has 4 heterocycles. The Morgan fingerprint density at radius 2 is 1.18 bits per heavy atom. The normalized spacial score (nSPS) is 11.1. The number of hydrogen-bond donors (Lipinski definition) is 1. The number of alkyl halides is 6. The van der Waals surface area contributed by atoms with E-state index in [2.05, 4.69) is 24.8 Å². The predicted molar refractivity (Wildman–Crippen MR) is 126 cm³/mol. The minimum atomic E-state index is -4.48. The summed E-state index contributed by atoms with van der Waals surface area (Å²) >= 11 is 0. The predicted octanol–water partition coefficient (Wildman–Crippen LogP) is 7.03. The summed E-state index contributed by atoms with van der Waals surface area (Å²) in [5.74, 6) is -1.82. The molecule has 0 aliphatic carbocycles. The Labute approximate surface area is 221 Å². The molecule has 0 spiro atoms. The van der Waals surface area contributed by atoms with Crippen LogP contribution >= 0.6 is 12.4 Å². The molecule has 4 aromatic rings. The van der Waals surface area contributed by atoms with Gasteiger partial charge in [-0.15, -0.1) is 12.4 Å². The van der Waals surface area contributed by atoms with Gasteiger partial charge in [-0.05, 0) is 42.0 Å². The largest absolute Gasteiger partial charge is 0.417 e. The van der Waals surface area contributed by atoms with Gasteiger partial charge in [-0.2, -0.15) is 35.1 Å². The van der Waals surface area contributed by atoms with Crippen LogP contribution in [0.4, 0.5) is 40.9 Å². The number of hydrogen-bond acceptors (Lipinski definition) is 5. The molecule has 0 aliphatic rings. The Morgan fingerprint density at radius 3 is 1.56 bits per heavy atom. The smallest absolute Gasteiger partial charge is 0.361 e. The molecule has 0 aromatic carbocycles. The van der Waals surface area contributed by atoms with Crippen LogP contribution in [0.1, 0.15) is 16.8 Å². The van der Waals surface area contributed by atoms with Crippen molar-refractivity contribution in [3.8, 4) is 22.5 Å². The summed E-state index contributed by atoms with van der Waals surface area (Å²) < 4.78 is 101. The van der Waals surface area contributed by atoms with E-state index in [0.29, 0.717) is 23.7 Å². The summed E-state index contributed by atoms with van der Waals surface area (Å²) in [4.78, 5) is 17.1. The lowest BCUT2D eigenvalue weighted by atomic mass is 10.1. The highest BCUT2D eigenvalue weighted by Crippen LogP contribution is 2.31. The van der Waals surface area contributed by atoms with E-state index >= 15 is 0 Å². The van der Waals surface area contributed by atoms with Gasteiger partial charge < -0.3 is 10.6 Å². The monoisotopic (exact) mass is 574 g/mol. The molecule has 0 unspecified atom stereocenters. The minimum Gasteiger partial charge on any atom is -0.361 e. The van der Waals surface area contributed by atoms with Crippen LogP contribution in [0.15, 0.2) is 60.9 Å². The molecule has 0 atom stereocenters. The van der Waals surface area contributed by atoms with Crippen LogP contribution in [-0.2, 0) is 18.9 Å². The lowest BCUT2D eigenvalue weighted by Gasteiger charge is -2.07. The van der Waals surface area contributed by atoms with Crippen molar-refractivity contribution in [2.75, 3.05) is 0 Å². The van der Waals surface area contributed by atoms with Gasteiger partial charge in [-0.3, -0.25) is 9.97 Å². The second-order valence-electron chi connectivity index (χ2n) is 7.38. The number of halogens is 9. The van der Waals surface area contributed by atoms with Gasteiger partial charge in [-0.25, -0.2) is 4.98 Å². The number of rotatable bonds is 3. The van der Waals surface area contributed by atoms with Crippen LogP contribution in [0.3, 0.4) is 0 Å². The fraction of sp³-hybridized carbons (Fsp3) is 0.125. The zero-order valence-electron chi connectivity index (χ0n) is 19.2. The van der Waals surface area contributed by atoms with E-state index in [1.165, 1.54) is 18.2 Å². The van der Waals surface area contributed by atoms with E-state index in [0.717, 1.165) is 30.3 Å². The second kappa shape index (κ2) is 12.5. The van der Waals surface area contributed by atoms with Crippen molar-refractivity contribution in [2.24, 2.45) is 5.73 Å². The van der Waals surface area contributed by atoms with E-state index in [-0.39, 0.29) is 41.7 Å². The Morgan fingerprint density at radius 1 is 0.718 bits per heavy atom. The molecule has 0 saturated heterocycles. The molecular weight excluding hydrogens is 560 g/mol. The van der Waals surface area contributed by atoms with Crippen LogP contribution in [0.25, 0.3) is 27.4 Å². The molecule has 15 heteroatoms. The molecule has 2 N–H and O–H groups in total. The molecule has 6 nitrogen and oxygen atoms in total. The Balaban J connectivity index is 0.000000267. The van der Waals surface area contributed by atoms with Gasteiger partial charge in [-0.1, -0.05) is 11.6 Å². The van der Waals surface area contributed by atoms with Gasteiger partial charge in [0.15, 0.2) is 0 Å². The zero-order valence-corrected chi connectivity index (χ0v) is 20.0. The fourth-order valence-electron chi connectivity index (χ4n) is 2.96. The summed E-state index contributed by atoms with van der Waals surface area (Å²) in [6, 6.07) is 8.87. The van der Waals surface area contributed by atoms with Crippen LogP contribution in [0.5, 0.6) is 0 Å². The van der Waals surface area contributed by atoms with Crippen molar-refractivity contribution < 1.29 is 35.1 Å². The van der Waals surface area contributed by atoms with Crippen LogP contribution < -0.4 is 5.73 Å². The SMILES string of the molecule is Cl.NCc1cc(-c2ccc(C(F)(F)F)cn2)cc(F)n1.[C-]#[N+]c1cc(-c2ccc(C(F)(F)F)cn2)cc(F)n1. The van der Waals surface area contributed by atoms with Crippen molar-refractivity contribution in [3.05, 3.63) is 101 Å². The standard InChI is InChI=1S/C12H5F4N3.C12H9F4N3.ClH/c1-17-11-5-7(4-10(13)19-11)9-3-2-8(6-18-9)12(14,15)16;13-11-4-7(3-9(5-17)19-11)10-2-1-8(6-18-10)12(14,15)16;/h2-6H;1-4,6H,5,17H2;1H. The fourth-order valence-corrected chi connectivity index (χ4v) is 2.96. The maximum atomic E-state index is 13.2. The molecule has 0 fully saturated rings. The van der Waals surface area contributed by atoms with Crippen molar-refractivity contribution >= 4 is 18.2 Å². The molecule has 0 saturated carbocycles. The van der Waals surface area contributed by atoms with Gasteiger partial charge in [0.25, 0.3) is 5.82 Å². The third-order valence-electron chi connectivity index (χ3n) is 4.72. The third kappa shape index (κ3) is 8.39. The van der Waals surface area contributed by atoms with Crippen molar-refractivity contribution in [1.29, 1.82) is 0 Å². The second-order valence-corrected chi connectivity index (χ2v) is 7.38. The third-order valence-corrected chi connectivity index (χ3v) is 4.72. The summed E-state index contributed by atoms with van der Waals surface area (Å²) in [6.07, 6.45) is -7.56. The average Bonchev–Trinajstić information content (AvgIpc) is 2.87. The average molecular weight is 575 g/mol. The molecule has 0 bridgehead atoms. The molecule has 4 rings (SSSR count).